The molecule has 26 heavy (non-hydrogen) atoms. The van der Waals surface area contributed by atoms with Gasteiger partial charge < -0.3 is 0 Å². The van der Waals surface area contributed by atoms with E-state index in [9.17, 15) is 34.0 Å². The second-order valence-corrected chi connectivity index (χ2v) is 10.1. The van der Waals surface area contributed by atoms with Crippen LogP contribution in [0.1, 0.15) is 0 Å². The highest BCUT2D eigenvalue weighted by Gasteiger charge is 2.26. The van der Waals surface area contributed by atoms with E-state index in [-0.39, 0.29) is 5.69 Å². The molecule has 0 bridgehead atoms. The van der Waals surface area contributed by atoms with Gasteiger partial charge in [0.2, 0.25) is 19.9 Å². The zero-order valence-corrected chi connectivity index (χ0v) is 15.2. The number of halogens is 2. The lowest BCUT2D eigenvalue weighted by molar-refractivity contribution is 0.234. The van der Waals surface area contributed by atoms with Gasteiger partial charge in [-0.1, -0.05) is 6.07 Å². The van der Waals surface area contributed by atoms with E-state index < -0.39 is 50.3 Å². The van der Waals surface area contributed by atoms with Crippen molar-refractivity contribution in [2.24, 2.45) is 5.14 Å². The van der Waals surface area contributed by atoms with E-state index in [1.165, 1.54) is 6.07 Å². The molecule has 0 saturated heterocycles. The molecule has 0 aliphatic carbocycles. The fourth-order valence-electron chi connectivity index (χ4n) is 1.85. The van der Waals surface area contributed by atoms with Gasteiger partial charge in [-0.2, -0.15) is 8.78 Å². The summed E-state index contributed by atoms with van der Waals surface area (Å²) in [5.41, 5.74) is -0.112. The number of sulfonamides is 2. The number of alkyl halides is 2. The molecule has 0 spiro atoms. The Labute approximate surface area is 148 Å². The predicted octanol–water partition coefficient (Wildman–Crippen LogP) is 1.13. The van der Waals surface area contributed by atoms with Gasteiger partial charge in [-0.05, 0) is 42.5 Å². The largest absolute Gasteiger partial charge is 0.341 e. The van der Waals surface area contributed by atoms with E-state index >= 15 is 0 Å². The topological polar surface area (TPSA) is 140 Å². The summed E-state index contributed by atoms with van der Waals surface area (Å²) in [6.45, 7) is 0. The molecule has 0 heterocycles. The molecule has 0 aromatic heterocycles. The summed E-state index contributed by atoms with van der Waals surface area (Å²) in [4.78, 5) is -1.50. The Kier molecular flexibility index (Phi) is 5.37. The van der Waals surface area contributed by atoms with Crippen molar-refractivity contribution in [1.82, 2.24) is 0 Å². The number of benzene rings is 2. The van der Waals surface area contributed by atoms with Crippen LogP contribution in [0.3, 0.4) is 0 Å². The minimum absolute atomic E-state index is 0.112. The van der Waals surface area contributed by atoms with Crippen LogP contribution in [0.4, 0.5) is 14.5 Å². The first kappa shape index (κ1) is 20.2. The van der Waals surface area contributed by atoms with Gasteiger partial charge in [0.1, 0.15) is 0 Å². The molecular formula is C13H12F2N2O6S3. The lowest BCUT2D eigenvalue weighted by atomic mass is 10.3. The first-order valence-electron chi connectivity index (χ1n) is 6.62. The van der Waals surface area contributed by atoms with E-state index in [1.54, 1.807) is 0 Å². The van der Waals surface area contributed by atoms with Crippen molar-refractivity contribution in [2.75, 3.05) is 4.72 Å². The van der Waals surface area contributed by atoms with Crippen molar-refractivity contribution in [2.45, 2.75) is 20.4 Å². The highest BCUT2D eigenvalue weighted by atomic mass is 32.2. The summed E-state index contributed by atoms with van der Waals surface area (Å²) in [5, 5.41) is 4.94. The Bertz CT molecular complexity index is 1130. The second-order valence-electron chi connectivity index (χ2n) is 4.96. The molecule has 13 heteroatoms. The van der Waals surface area contributed by atoms with E-state index in [0.29, 0.717) is 0 Å². The molecule has 0 aliphatic heterocycles. The van der Waals surface area contributed by atoms with E-state index in [1.807, 2.05) is 0 Å². The van der Waals surface area contributed by atoms with Crippen molar-refractivity contribution in [1.29, 1.82) is 0 Å². The van der Waals surface area contributed by atoms with Gasteiger partial charge in [0.25, 0.3) is 10.0 Å². The number of hydrogen-bond acceptors (Lipinski definition) is 6. The van der Waals surface area contributed by atoms with Crippen molar-refractivity contribution < 1.29 is 34.0 Å². The number of nitrogens with one attached hydrogen (secondary N) is 1. The van der Waals surface area contributed by atoms with Gasteiger partial charge >= 0.3 is 5.76 Å². The van der Waals surface area contributed by atoms with Crippen LogP contribution in [0.15, 0.2) is 63.2 Å². The van der Waals surface area contributed by atoms with Crippen LogP contribution in [0, 0.1) is 0 Å². The number of hydrogen-bond donors (Lipinski definition) is 2. The third-order valence-corrected chi connectivity index (χ3v) is 6.80. The summed E-state index contributed by atoms with van der Waals surface area (Å²) in [6, 6.07) is 7.85. The molecule has 0 fully saturated rings. The SMILES string of the molecule is NS(=O)(=O)c1cccc(S(=O)(=O)Nc2ccc(S(=O)(=O)C(F)F)cc2)c1. The first-order chi connectivity index (χ1) is 11.8. The number of sulfone groups is 1. The van der Waals surface area contributed by atoms with Crippen molar-refractivity contribution in [3.63, 3.8) is 0 Å². The molecular weight excluding hydrogens is 414 g/mol. The molecule has 0 aliphatic rings. The minimum atomic E-state index is -4.80. The predicted molar refractivity (Wildman–Crippen MR) is 88.3 cm³/mol. The van der Waals surface area contributed by atoms with Crippen molar-refractivity contribution >= 4 is 35.6 Å². The van der Waals surface area contributed by atoms with E-state index in [0.717, 1.165) is 42.5 Å². The second kappa shape index (κ2) is 6.90. The average molecular weight is 426 g/mol. The molecule has 0 saturated carbocycles. The normalized spacial score (nSPS) is 12.9. The molecule has 2 rings (SSSR count). The van der Waals surface area contributed by atoms with Gasteiger partial charge in [-0.15, -0.1) is 0 Å². The zero-order chi connectivity index (χ0) is 19.8. The monoisotopic (exact) mass is 426 g/mol. The van der Waals surface area contributed by atoms with Crippen LogP contribution in [0.2, 0.25) is 0 Å². The maximum absolute atomic E-state index is 12.5. The van der Waals surface area contributed by atoms with Gasteiger partial charge in [-0.3, -0.25) is 4.72 Å². The van der Waals surface area contributed by atoms with Crippen molar-refractivity contribution in [3.05, 3.63) is 48.5 Å². The van der Waals surface area contributed by atoms with Crippen LogP contribution in [0.25, 0.3) is 0 Å². The summed E-state index contributed by atoms with van der Waals surface area (Å²) in [6.07, 6.45) is 0. The number of anilines is 1. The first-order valence-corrected chi connectivity index (χ1v) is 11.2. The van der Waals surface area contributed by atoms with Gasteiger partial charge in [0.05, 0.1) is 14.7 Å². The van der Waals surface area contributed by atoms with Crippen LogP contribution in [0.5, 0.6) is 0 Å². The summed E-state index contributed by atoms with van der Waals surface area (Å²) >= 11 is 0. The molecule has 0 amide bonds. The van der Waals surface area contributed by atoms with Crippen LogP contribution in [-0.4, -0.2) is 31.0 Å². The lowest BCUT2D eigenvalue weighted by Gasteiger charge is -2.10. The van der Waals surface area contributed by atoms with Gasteiger partial charge in [-0.25, -0.2) is 30.4 Å². The van der Waals surface area contributed by atoms with Crippen molar-refractivity contribution in [3.8, 4) is 0 Å². The molecule has 142 valence electrons. The van der Waals surface area contributed by atoms with Crippen LogP contribution in [-0.2, 0) is 29.9 Å². The van der Waals surface area contributed by atoms with E-state index in [4.69, 9.17) is 5.14 Å². The fraction of sp³-hybridized carbons (Fsp3) is 0.0769. The lowest BCUT2D eigenvalue weighted by Crippen LogP contribution is -2.16. The molecule has 2 aromatic rings. The summed E-state index contributed by atoms with van der Waals surface area (Å²) < 4.78 is 96.8. The average Bonchev–Trinajstić information content (AvgIpc) is 2.54. The molecule has 0 unspecified atom stereocenters. The molecule has 2 aromatic carbocycles. The third kappa shape index (κ3) is 4.35. The molecule has 8 nitrogen and oxygen atoms in total. The fourth-order valence-corrected chi connectivity index (χ4v) is 4.31. The molecule has 3 N–H and O–H groups in total. The van der Waals surface area contributed by atoms with E-state index in [2.05, 4.69) is 4.72 Å². The van der Waals surface area contributed by atoms with Gasteiger partial charge in [0.15, 0.2) is 0 Å². The zero-order valence-electron chi connectivity index (χ0n) is 12.7. The van der Waals surface area contributed by atoms with Crippen LogP contribution < -0.4 is 9.86 Å². The highest BCUT2D eigenvalue weighted by Crippen LogP contribution is 2.22. The maximum atomic E-state index is 12.5. The number of nitrogens with two attached hydrogens (primary N) is 1. The number of rotatable bonds is 6. The summed E-state index contributed by atoms with van der Waals surface area (Å²) in [5.74, 6) is -3.61. The Hall–Kier alpha value is -2.09. The maximum Gasteiger partial charge on any atom is 0.341 e. The smallest absolute Gasteiger partial charge is 0.280 e. The van der Waals surface area contributed by atoms with Crippen LogP contribution >= 0.6 is 0 Å². The quantitative estimate of drug-likeness (QED) is 0.709. The summed E-state index contributed by atoms with van der Waals surface area (Å²) in [7, 11) is -13.1. The minimum Gasteiger partial charge on any atom is -0.280 e. The Morgan fingerprint density at radius 2 is 1.35 bits per heavy atom. The Morgan fingerprint density at radius 1 is 0.808 bits per heavy atom. The molecule has 0 atom stereocenters. The highest BCUT2D eigenvalue weighted by molar-refractivity contribution is 7.93. The molecule has 0 radical (unpaired) electrons. The number of primary sulfonamides is 1. The Balaban J connectivity index is 2.34. The Morgan fingerprint density at radius 3 is 1.85 bits per heavy atom. The standard InChI is InChI=1S/C13H12F2N2O6S3/c14-13(15)24(18,19)10-6-4-9(5-7-10)17-26(22,23)12-3-1-2-11(8-12)25(16,20)21/h1-8,13,17H,(H2,16,20,21). The van der Waals surface area contributed by atoms with Gasteiger partial charge in [0, 0.05) is 5.69 Å². The third-order valence-electron chi connectivity index (χ3n) is 3.11.